The van der Waals surface area contributed by atoms with E-state index in [0.29, 0.717) is 0 Å². The summed E-state index contributed by atoms with van der Waals surface area (Å²) in [6.07, 6.45) is 0. The number of benzene rings is 2. The largest absolute Gasteiger partial charge is 0.325 e. The Morgan fingerprint density at radius 1 is 1.14 bits per heavy atom. The molecule has 0 aliphatic heterocycles. The van der Waals surface area contributed by atoms with Crippen LogP contribution in [-0.4, -0.2) is 16.1 Å². The lowest BCUT2D eigenvalue weighted by atomic mass is 10.3. The maximum atomic E-state index is 12.2. The third-order valence-corrected chi connectivity index (χ3v) is 5.19. The minimum Gasteiger partial charge on any atom is -0.325 e. The number of thiazole rings is 1. The van der Waals surface area contributed by atoms with Crippen LogP contribution in [0.3, 0.4) is 0 Å². The van der Waals surface area contributed by atoms with Gasteiger partial charge in [0.1, 0.15) is 0 Å². The molecular formula is C16H14N2OS2. The summed E-state index contributed by atoms with van der Waals surface area (Å²) in [5, 5.41) is 2.72. The number of nitrogens with zero attached hydrogens (tertiary/aromatic N) is 1. The summed E-state index contributed by atoms with van der Waals surface area (Å²) in [5.41, 5.74) is 1.81. The second kappa shape index (κ2) is 6.28. The highest BCUT2D eigenvalue weighted by Crippen LogP contribution is 2.32. The van der Waals surface area contributed by atoms with Gasteiger partial charge in [-0.05, 0) is 31.2 Å². The Morgan fingerprint density at radius 2 is 1.86 bits per heavy atom. The first-order valence-corrected chi connectivity index (χ1v) is 8.30. The molecule has 2 aromatic carbocycles. The summed E-state index contributed by atoms with van der Waals surface area (Å²) in [6.45, 7) is 1.90. The number of anilines is 1. The smallest absolute Gasteiger partial charge is 0.237 e. The molecule has 0 spiro atoms. The van der Waals surface area contributed by atoms with Gasteiger partial charge >= 0.3 is 0 Å². The summed E-state index contributed by atoms with van der Waals surface area (Å²) in [6, 6.07) is 17.5. The molecule has 3 rings (SSSR count). The molecule has 0 saturated heterocycles. The van der Waals surface area contributed by atoms with E-state index in [1.807, 2.05) is 61.5 Å². The molecule has 1 amide bonds. The molecule has 3 nitrogen and oxygen atoms in total. The molecule has 1 heterocycles. The van der Waals surface area contributed by atoms with Crippen LogP contribution in [0, 0.1) is 0 Å². The Bertz CT molecular complexity index is 722. The Kier molecular flexibility index (Phi) is 4.22. The molecule has 0 aliphatic rings. The molecule has 0 fully saturated rings. The first kappa shape index (κ1) is 14.1. The van der Waals surface area contributed by atoms with Crippen molar-refractivity contribution in [3.63, 3.8) is 0 Å². The third-order valence-electron chi connectivity index (χ3n) is 2.96. The van der Waals surface area contributed by atoms with Crippen LogP contribution in [0.15, 0.2) is 58.9 Å². The number of rotatable bonds is 4. The quantitative estimate of drug-likeness (QED) is 0.725. The fourth-order valence-corrected chi connectivity index (χ4v) is 4.08. The van der Waals surface area contributed by atoms with Crippen molar-refractivity contribution in [2.24, 2.45) is 0 Å². The maximum absolute atomic E-state index is 12.2. The van der Waals surface area contributed by atoms with Crippen LogP contribution in [0.25, 0.3) is 10.2 Å². The Labute approximate surface area is 131 Å². The Hall–Kier alpha value is -1.85. The highest BCUT2D eigenvalue weighted by atomic mass is 32.2. The van der Waals surface area contributed by atoms with Gasteiger partial charge in [-0.15, -0.1) is 11.3 Å². The normalized spacial score (nSPS) is 12.2. The van der Waals surface area contributed by atoms with Crippen molar-refractivity contribution in [3.8, 4) is 0 Å². The fraction of sp³-hybridized carbons (Fsp3) is 0.125. The monoisotopic (exact) mass is 314 g/mol. The van der Waals surface area contributed by atoms with Crippen molar-refractivity contribution in [2.75, 3.05) is 5.32 Å². The SMILES string of the molecule is C[C@H](Sc1nc2ccccc2s1)C(=O)Nc1ccccc1. The van der Waals surface area contributed by atoms with Gasteiger partial charge in [0.05, 0.1) is 15.5 Å². The molecule has 0 bridgehead atoms. The van der Waals surface area contributed by atoms with E-state index in [4.69, 9.17) is 0 Å². The van der Waals surface area contributed by atoms with E-state index in [-0.39, 0.29) is 11.2 Å². The molecule has 21 heavy (non-hydrogen) atoms. The van der Waals surface area contributed by atoms with E-state index in [9.17, 15) is 4.79 Å². The highest BCUT2D eigenvalue weighted by Gasteiger charge is 2.16. The van der Waals surface area contributed by atoms with Crippen LogP contribution in [-0.2, 0) is 4.79 Å². The number of amides is 1. The van der Waals surface area contributed by atoms with Gasteiger partial charge < -0.3 is 5.32 Å². The number of fused-ring (bicyclic) bond motifs is 1. The third kappa shape index (κ3) is 3.43. The van der Waals surface area contributed by atoms with Crippen molar-refractivity contribution in [1.29, 1.82) is 0 Å². The lowest BCUT2D eigenvalue weighted by Crippen LogP contribution is -2.22. The summed E-state index contributed by atoms with van der Waals surface area (Å²) >= 11 is 3.11. The van der Waals surface area contributed by atoms with Crippen LogP contribution in [0.2, 0.25) is 0 Å². The minimum absolute atomic E-state index is 0.00884. The van der Waals surface area contributed by atoms with E-state index < -0.39 is 0 Å². The van der Waals surface area contributed by atoms with Crippen molar-refractivity contribution < 1.29 is 4.79 Å². The molecule has 5 heteroatoms. The number of aromatic nitrogens is 1. The van der Waals surface area contributed by atoms with E-state index in [1.165, 1.54) is 11.8 Å². The van der Waals surface area contributed by atoms with Crippen molar-refractivity contribution in [2.45, 2.75) is 16.5 Å². The van der Waals surface area contributed by atoms with Crippen molar-refractivity contribution in [1.82, 2.24) is 4.98 Å². The molecule has 0 unspecified atom stereocenters. The maximum Gasteiger partial charge on any atom is 0.237 e. The van der Waals surface area contributed by atoms with E-state index in [2.05, 4.69) is 10.3 Å². The number of nitrogens with one attached hydrogen (secondary N) is 1. The van der Waals surface area contributed by atoms with E-state index >= 15 is 0 Å². The number of hydrogen-bond acceptors (Lipinski definition) is 4. The van der Waals surface area contributed by atoms with Crippen LogP contribution in [0.5, 0.6) is 0 Å². The van der Waals surface area contributed by atoms with Crippen LogP contribution >= 0.6 is 23.1 Å². The van der Waals surface area contributed by atoms with Gasteiger partial charge in [-0.1, -0.05) is 42.1 Å². The lowest BCUT2D eigenvalue weighted by molar-refractivity contribution is -0.115. The summed E-state index contributed by atoms with van der Waals surface area (Å²) < 4.78 is 2.07. The average Bonchev–Trinajstić information content (AvgIpc) is 2.90. The van der Waals surface area contributed by atoms with Crippen LogP contribution in [0.1, 0.15) is 6.92 Å². The van der Waals surface area contributed by atoms with Crippen molar-refractivity contribution >= 4 is 44.9 Å². The van der Waals surface area contributed by atoms with Crippen molar-refractivity contribution in [3.05, 3.63) is 54.6 Å². The average molecular weight is 314 g/mol. The van der Waals surface area contributed by atoms with Gasteiger partial charge in [-0.2, -0.15) is 0 Å². The number of carbonyl (C=O) groups excluding carboxylic acids is 1. The zero-order valence-electron chi connectivity index (χ0n) is 11.4. The molecule has 106 valence electrons. The second-order valence-corrected chi connectivity index (χ2v) is 7.18. The zero-order chi connectivity index (χ0) is 14.7. The van der Waals surface area contributed by atoms with Gasteiger partial charge in [0.25, 0.3) is 0 Å². The zero-order valence-corrected chi connectivity index (χ0v) is 13.1. The molecule has 3 aromatic rings. The molecule has 0 radical (unpaired) electrons. The predicted molar refractivity (Wildman–Crippen MR) is 90.0 cm³/mol. The van der Waals surface area contributed by atoms with Gasteiger partial charge in [-0.3, -0.25) is 4.79 Å². The van der Waals surface area contributed by atoms with E-state index in [1.54, 1.807) is 11.3 Å². The number of para-hydroxylation sites is 2. The van der Waals surface area contributed by atoms with Gasteiger partial charge in [0, 0.05) is 5.69 Å². The minimum atomic E-state index is -0.189. The summed E-state index contributed by atoms with van der Waals surface area (Å²) in [7, 11) is 0. The molecule has 1 N–H and O–H groups in total. The van der Waals surface area contributed by atoms with E-state index in [0.717, 1.165) is 20.2 Å². The molecule has 1 atom stereocenters. The molecular weight excluding hydrogens is 300 g/mol. The first-order valence-electron chi connectivity index (χ1n) is 6.60. The second-order valence-electron chi connectivity index (χ2n) is 4.56. The standard InChI is InChI=1S/C16H14N2OS2/c1-11(15(19)17-12-7-3-2-4-8-12)20-16-18-13-9-5-6-10-14(13)21-16/h2-11H,1H3,(H,17,19)/t11-/m0/s1. The Morgan fingerprint density at radius 3 is 2.62 bits per heavy atom. The van der Waals surface area contributed by atoms with Gasteiger partial charge in [0.2, 0.25) is 5.91 Å². The molecule has 0 saturated carbocycles. The lowest BCUT2D eigenvalue weighted by Gasteiger charge is -2.10. The van der Waals surface area contributed by atoms with Crippen LogP contribution < -0.4 is 5.32 Å². The molecule has 1 aromatic heterocycles. The molecule has 0 aliphatic carbocycles. The number of thioether (sulfide) groups is 1. The topological polar surface area (TPSA) is 42.0 Å². The van der Waals surface area contributed by atoms with Crippen LogP contribution in [0.4, 0.5) is 5.69 Å². The Balaban J connectivity index is 1.67. The summed E-state index contributed by atoms with van der Waals surface area (Å²) in [5.74, 6) is -0.00884. The summed E-state index contributed by atoms with van der Waals surface area (Å²) in [4.78, 5) is 16.7. The highest BCUT2D eigenvalue weighted by molar-refractivity contribution is 8.02. The predicted octanol–water partition coefficient (Wildman–Crippen LogP) is 4.42. The first-order chi connectivity index (χ1) is 10.2. The number of carbonyl (C=O) groups is 1. The fourth-order valence-electron chi connectivity index (χ4n) is 1.87. The van der Waals surface area contributed by atoms with Gasteiger partial charge in [-0.25, -0.2) is 4.98 Å². The number of hydrogen-bond donors (Lipinski definition) is 1. The van der Waals surface area contributed by atoms with Gasteiger partial charge in [0.15, 0.2) is 4.34 Å².